The Hall–Kier alpha value is -3.52. The quantitative estimate of drug-likeness (QED) is 0.514. The zero-order chi connectivity index (χ0) is 23.2. The molecular weight excluding hydrogens is 424 g/mol. The number of amides is 2. The Morgan fingerprint density at radius 2 is 1.76 bits per heavy atom. The molecule has 2 fully saturated rings. The normalized spacial score (nSPS) is 20.0. The fourth-order valence-corrected chi connectivity index (χ4v) is 4.09. The van der Waals surface area contributed by atoms with Gasteiger partial charge in [-0.3, -0.25) is 14.4 Å². The van der Waals surface area contributed by atoms with Crippen LogP contribution in [0.1, 0.15) is 46.4 Å². The summed E-state index contributed by atoms with van der Waals surface area (Å²) in [5, 5.41) is 2.72. The van der Waals surface area contributed by atoms with Gasteiger partial charge in [-0.15, -0.1) is 0 Å². The van der Waals surface area contributed by atoms with E-state index in [1.165, 1.54) is 12.1 Å². The molecule has 2 saturated heterocycles. The molecule has 0 aliphatic carbocycles. The molecule has 2 unspecified atom stereocenters. The Kier molecular flexibility index (Phi) is 7.14. The zero-order valence-corrected chi connectivity index (χ0v) is 18.2. The zero-order valence-electron chi connectivity index (χ0n) is 18.2. The lowest BCUT2D eigenvalue weighted by molar-refractivity contribution is -0.163. The van der Waals surface area contributed by atoms with Crippen molar-refractivity contribution in [3.63, 3.8) is 0 Å². The first kappa shape index (κ1) is 22.7. The van der Waals surface area contributed by atoms with Crippen molar-refractivity contribution < 1.29 is 28.7 Å². The van der Waals surface area contributed by atoms with E-state index in [0.29, 0.717) is 17.9 Å². The van der Waals surface area contributed by atoms with Gasteiger partial charge in [-0.25, -0.2) is 4.79 Å². The Balaban J connectivity index is 1.26. The van der Waals surface area contributed by atoms with Crippen molar-refractivity contribution in [2.75, 3.05) is 25.1 Å². The lowest BCUT2D eigenvalue weighted by Gasteiger charge is -2.41. The Labute approximate surface area is 191 Å². The minimum atomic E-state index is -0.768. The number of anilines is 1. The van der Waals surface area contributed by atoms with Crippen LogP contribution in [0, 0.1) is 0 Å². The lowest BCUT2D eigenvalue weighted by Crippen LogP contribution is -2.56. The molecule has 2 atom stereocenters. The number of morpholine rings is 1. The van der Waals surface area contributed by atoms with Crippen molar-refractivity contribution in [2.24, 2.45) is 0 Å². The standard InChI is InChI=1S/C25H26N2O6/c28-21(17-6-2-1-3-7-17)16-33-25(31)18-9-11-19(12-10-18)26-23(29)14-22-24(30)27-13-5-4-8-20(27)15-32-22/h1-3,6-7,9-12,20,22H,4-5,8,13-16H2,(H,26,29). The highest BCUT2D eigenvalue weighted by Crippen LogP contribution is 2.24. The van der Waals surface area contributed by atoms with Gasteiger partial charge in [0.2, 0.25) is 5.91 Å². The molecule has 0 aromatic heterocycles. The first-order valence-electron chi connectivity index (χ1n) is 11.1. The Morgan fingerprint density at radius 3 is 2.52 bits per heavy atom. The van der Waals surface area contributed by atoms with Crippen LogP contribution >= 0.6 is 0 Å². The number of hydrogen-bond donors (Lipinski definition) is 1. The number of ketones is 1. The monoisotopic (exact) mass is 450 g/mol. The molecule has 2 aromatic carbocycles. The molecule has 1 N–H and O–H groups in total. The molecule has 172 valence electrons. The maximum absolute atomic E-state index is 12.6. The third-order valence-electron chi connectivity index (χ3n) is 5.88. The summed E-state index contributed by atoms with van der Waals surface area (Å²) in [6.45, 7) is 0.835. The van der Waals surface area contributed by atoms with Gasteiger partial charge < -0.3 is 19.7 Å². The molecule has 4 rings (SSSR count). The smallest absolute Gasteiger partial charge is 0.338 e. The molecule has 2 aliphatic heterocycles. The van der Waals surface area contributed by atoms with E-state index in [-0.39, 0.29) is 42.2 Å². The average molecular weight is 450 g/mol. The van der Waals surface area contributed by atoms with Crippen molar-refractivity contribution in [1.82, 2.24) is 4.90 Å². The van der Waals surface area contributed by atoms with Gasteiger partial charge in [0.25, 0.3) is 5.91 Å². The molecule has 0 saturated carbocycles. The largest absolute Gasteiger partial charge is 0.454 e. The molecule has 0 spiro atoms. The Morgan fingerprint density at radius 1 is 1.00 bits per heavy atom. The van der Waals surface area contributed by atoms with Crippen molar-refractivity contribution in [3.8, 4) is 0 Å². The van der Waals surface area contributed by atoms with Crippen molar-refractivity contribution in [2.45, 2.75) is 37.8 Å². The van der Waals surface area contributed by atoms with Crippen LogP contribution in [-0.4, -0.2) is 60.4 Å². The van der Waals surface area contributed by atoms with Crippen LogP contribution in [0.25, 0.3) is 0 Å². The van der Waals surface area contributed by atoms with Crippen molar-refractivity contribution in [3.05, 3.63) is 65.7 Å². The third-order valence-corrected chi connectivity index (χ3v) is 5.88. The summed E-state index contributed by atoms with van der Waals surface area (Å²) in [7, 11) is 0. The molecule has 2 aliphatic rings. The average Bonchev–Trinajstić information content (AvgIpc) is 2.85. The number of esters is 1. The molecule has 8 heteroatoms. The summed E-state index contributed by atoms with van der Waals surface area (Å²) in [5.41, 5.74) is 1.21. The van der Waals surface area contributed by atoms with Crippen LogP contribution in [0.15, 0.2) is 54.6 Å². The van der Waals surface area contributed by atoms with Gasteiger partial charge >= 0.3 is 5.97 Å². The van der Waals surface area contributed by atoms with Crippen LogP contribution in [0.3, 0.4) is 0 Å². The Bertz CT molecular complexity index is 1020. The number of fused-ring (bicyclic) bond motifs is 1. The fraction of sp³-hybridized carbons (Fsp3) is 0.360. The molecule has 2 amide bonds. The number of nitrogens with zero attached hydrogens (tertiary/aromatic N) is 1. The van der Waals surface area contributed by atoms with Crippen molar-refractivity contribution >= 4 is 29.3 Å². The second kappa shape index (κ2) is 10.4. The summed E-state index contributed by atoms with van der Waals surface area (Å²) >= 11 is 0. The SMILES string of the molecule is O=C(CC1OCC2CCCCN2C1=O)Nc1ccc(C(=O)OCC(=O)c2ccccc2)cc1. The second-order valence-corrected chi connectivity index (χ2v) is 8.20. The van der Waals surface area contributed by atoms with E-state index in [4.69, 9.17) is 9.47 Å². The number of rotatable bonds is 7. The number of hydrogen-bond acceptors (Lipinski definition) is 6. The molecule has 8 nitrogen and oxygen atoms in total. The lowest BCUT2D eigenvalue weighted by atomic mass is 9.99. The topological polar surface area (TPSA) is 102 Å². The van der Waals surface area contributed by atoms with Gasteiger partial charge in [0.1, 0.15) is 6.10 Å². The summed E-state index contributed by atoms with van der Waals surface area (Å²) in [6.07, 6.45) is 2.19. The number of ether oxygens (including phenoxy) is 2. The van der Waals surface area contributed by atoms with Crippen LogP contribution in [-0.2, 0) is 19.1 Å². The van der Waals surface area contributed by atoms with Crippen molar-refractivity contribution in [1.29, 1.82) is 0 Å². The van der Waals surface area contributed by atoms with E-state index >= 15 is 0 Å². The van der Waals surface area contributed by atoms with E-state index in [9.17, 15) is 19.2 Å². The van der Waals surface area contributed by atoms with Crippen LogP contribution in [0.4, 0.5) is 5.69 Å². The molecule has 2 aromatic rings. The number of benzene rings is 2. The number of carbonyl (C=O) groups excluding carboxylic acids is 4. The number of Topliss-reactive ketones (excluding diaryl/α,β-unsaturated/α-hetero) is 1. The first-order chi connectivity index (χ1) is 16.0. The summed E-state index contributed by atoms with van der Waals surface area (Å²) in [4.78, 5) is 51.1. The molecule has 0 radical (unpaired) electrons. The summed E-state index contributed by atoms with van der Waals surface area (Å²) < 4.78 is 10.7. The predicted octanol–water partition coefficient (Wildman–Crippen LogP) is 2.83. The molecule has 0 bridgehead atoms. The summed E-state index contributed by atoms with van der Waals surface area (Å²) in [5.74, 6) is -1.38. The van der Waals surface area contributed by atoms with E-state index in [1.54, 1.807) is 42.5 Å². The fourth-order valence-electron chi connectivity index (χ4n) is 4.09. The predicted molar refractivity (Wildman–Crippen MR) is 120 cm³/mol. The highest BCUT2D eigenvalue weighted by Gasteiger charge is 2.38. The molecule has 33 heavy (non-hydrogen) atoms. The minimum Gasteiger partial charge on any atom is -0.454 e. The van der Waals surface area contributed by atoms with Gasteiger partial charge in [-0.2, -0.15) is 0 Å². The maximum Gasteiger partial charge on any atom is 0.338 e. The minimum absolute atomic E-state index is 0.0621. The molecule has 2 heterocycles. The van der Waals surface area contributed by atoms with E-state index in [2.05, 4.69) is 5.32 Å². The number of nitrogens with one attached hydrogen (secondary N) is 1. The first-order valence-corrected chi connectivity index (χ1v) is 11.1. The number of piperidine rings is 1. The third kappa shape index (κ3) is 5.64. The van der Waals surface area contributed by atoms with E-state index in [0.717, 1.165) is 25.8 Å². The van der Waals surface area contributed by atoms with Gasteiger partial charge in [-0.1, -0.05) is 30.3 Å². The van der Waals surface area contributed by atoms with Gasteiger partial charge in [0.05, 0.1) is 24.6 Å². The second-order valence-electron chi connectivity index (χ2n) is 8.20. The van der Waals surface area contributed by atoms with Gasteiger partial charge in [-0.05, 0) is 43.5 Å². The molecular formula is C25H26N2O6. The number of carbonyl (C=O) groups is 4. The summed E-state index contributed by atoms with van der Waals surface area (Å²) in [6, 6.07) is 14.9. The van der Waals surface area contributed by atoms with Gasteiger partial charge in [0, 0.05) is 17.8 Å². The van der Waals surface area contributed by atoms with Crippen LogP contribution in [0.2, 0.25) is 0 Å². The van der Waals surface area contributed by atoms with Gasteiger partial charge in [0.15, 0.2) is 12.4 Å². The highest BCUT2D eigenvalue weighted by molar-refractivity contribution is 5.99. The van der Waals surface area contributed by atoms with Crippen LogP contribution in [0.5, 0.6) is 0 Å². The van der Waals surface area contributed by atoms with E-state index in [1.807, 2.05) is 4.90 Å². The highest BCUT2D eigenvalue weighted by atomic mass is 16.5. The maximum atomic E-state index is 12.6. The van der Waals surface area contributed by atoms with Crippen LogP contribution < -0.4 is 5.32 Å². The van der Waals surface area contributed by atoms with E-state index < -0.39 is 12.1 Å².